The molecule has 2 atom stereocenters. The smallest absolute Gasteiger partial charge is 0.137 e. The van der Waals surface area contributed by atoms with E-state index < -0.39 is 6.10 Å². The Labute approximate surface area is 147 Å². The first-order chi connectivity index (χ1) is 12.2. The van der Waals surface area contributed by atoms with Crippen molar-refractivity contribution in [1.82, 2.24) is 19.7 Å². The second-order valence-corrected chi connectivity index (χ2v) is 6.49. The van der Waals surface area contributed by atoms with Crippen LogP contribution in [0.1, 0.15) is 18.4 Å². The van der Waals surface area contributed by atoms with E-state index in [4.69, 9.17) is 10.00 Å². The van der Waals surface area contributed by atoms with Crippen LogP contribution in [0, 0.1) is 17.2 Å². The van der Waals surface area contributed by atoms with Crippen LogP contribution < -0.4 is 4.74 Å². The third kappa shape index (κ3) is 5.28. The first-order valence-electron chi connectivity index (χ1n) is 8.58. The molecule has 1 aliphatic heterocycles. The number of aromatic nitrogens is 3. The molecule has 7 nitrogen and oxygen atoms in total. The Morgan fingerprint density at radius 1 is 1.36 bits per heavy atom. The van der Waals surface area contributed by atoms with Gasteiger partial charge in [0.2, 0.25) is 0 Å². The van der Waals surface area contributed by atoms with E-state index >= 15 is 0 Å². The van der Waals surface area contributed by atoms with E-state index in [-0.39, 0.29) is 6.61 Å². The molecular formula is C18H23N5O2. The summed E-state index contributed by atoms with van der Waals surface area (Å²) in [5.41, 5.74) is 0.597. The number of hydrogen-bond donors (Lipinski definition) is 1. The Hall–Kier alpha value is -2.43. The van der Waals surface area contributed by atoms with Crippen molar-refractivity contribution in [3.8, 4) is 11.8 Å². The van der Waals surface area contributed by atoms with Crippen LogP contribution in [-0.4, -0.2) is 57.1 Å². The molecular weight excluding hydrogens is 318 g/mol. The molecule has 3 rings (SSSR count). The first-order valence-corrected chi connectivity index (χ1v) is 8.58. The van der Waals surface area contributed by atoms with Gasteiger partial charge in [-0.15, -0.1) is 0 Å². The van der Waals surface area contributed by atoms with Gasteiger partial charge in [0.05, 0.1) is 11.6 Å². The van der Waals surface area contributed by atoms with E-state index in [1.807, 2.05) is 4.68 Å². The molecule has 0 amide bonds. The summed E-state index contributed by atoms with van der Waals surface area (Å²) in [7, 11) is 0. The van der Waals surface area contributed by atoms with Gasteiger partial charge in [-0.05, 0) is 49.6 Å². The Bertz CT molecular complexity index is 680. The van der Waals surface area contributed by atoms with Crippen LogP contribution in [-0.2, 0) is 6.54 Å². The van der Waals surface area contributed by atoms with E-state index in [0.717, 1.165) is 26.1 Å². The highest BCUT2D eigenvalue weighted by Crippen LogP contribution is 2.18. The van der Waals surface area contributed by atoms with Gasteiger partial charge in [-0.2, -0.15) is 10.4 Å². The van der Waals surface area contributed by atoms with Gasteiger partial charge in [0.15, 0.2) is 0 Å². The molecule has 25 heavy (non-hydrogen) atoms. The van der Waals surface area contributed by atoms with Crippen molar-refractivity contribution >= 4 is 0 Å². The van der Waals surface area contributed by atoms with Gasteiger partial charge in [0.25, 0.3) is 0 Å². The van der Waals surface area contributed by atoms with Gasteiger partial charge in [0, 0.05) is 19.6 Å². The lowest BCUT2D eigenvalue weighted by Gasteiger charge is -2.33. The normalized spacial score (nSPS) is 19.3. The fourth-order valence-corrected chi connectivity index (χ4v) is 3.23. The van der Waals surface area contributed by atoms with E-state index in [2.05, 4.69) is 21.1 Å². The van der Waals surface area contributed by atoms with Crippen molar-refractivity contribution in [1.29, 1.82) is 5.26 Å². The summed E-state index contributed by atoms with van der Waals surface area (Å²) in [5, 5.41) is 23.2. The van der Waals surface area contributed by atoms with Crippen LogP contribution in [0.15, 0.2) is 36.9 Å². The molecule has 1 saturated heterocycles. The zero-order valence-electron chi connectivity index (χ0n) is 14.2. The molecule has 2 heterocycles. The summed E-state index contributed by atoms with van der Waals surface area (Å²) in [5.74, 6) is 1.20. The maximum Gasteiger partial charge on any atom is 0.137 e. The molecule has 1 aromatic carbocycles. The number of aliphatic hydroxyl groups is 1. The Kier molecular flexibility index (Phi) is 5.99. The topological polar surface area (TPSA) is 87.2 Å². The minimum atomic E-state index is -0.541. The average Bonchev–Trinajstić information content (AvgIpc) is 3.14. The molecule has 1 N–H and O–H groups in total. The van der Waals surface area contributed by atoms with Crippen LogP contribution in [0.3, 0.4) is 0 Å². The molecule has 2 aromatic rings. The zero-order chi connectivity index (χ0) is 17.5. The zero-order valence-corrected chi connectivity index (χ0v) is 14.2. The Morgan fingerprint density at radius 2 is 2.20 bits per heavy atom. The van der Waals surface area contributed by atoms with Gasteiger partial charge in [-0.25, -0.2) is 4.98 Å². The van der Waals surface area contributed by atoms with Crippen LogP contribution in [0.2, 0.25) is 0 Å². The molecule has 1 aromatic heterocycles. The van der Waals surface area contributed by atoms with Crippen molar-refractivity contribution < 1.29 is 9.84 Å². The quantitative estimate of drug-likeness (QED) is 0.817. The monoisotopic (exact) mass is 341 g/mol. The van der Waals surface area contributed by atoms with Crippen molar-refractivity contribution in [2.75, 3.05) is 26.2 Å². The maximum absolute atomic E-state index is 10.3. The Morgan fingerprint density at radius 3 is 2.92 bits per heavy atom. The van der Waals surface area contributed by atoms with Gasteiger partial charge in [-0.3, -0.25) is 4.68 Å². The third-order valence-corrected chi connectivity index (χ3v) is 4.41. The second kappa shape index (κ2) is 8.60. The molecule has 0 aliphatic carbocycles. The molecule has 0 bridgehead atoms. The molecule has 0 spiro atoms. The minimum Gasteiger partial charge on any atom is -0.491 e. The molecule has 132 valence electrons. The first kappa shape index (κ1) is 17.4. The van der Waals surface area contributed by atoms with Gasteiger partial charge < -0.3 is 14.7 Å². The number of rotatable bonds is 7. The molecule has 1 aliphatic rings. The van der Waals surface area contributed by atoms with Crippen molar-refractivity contribution in [2.24, 2.45) is 5.92 Å². The highest BCUT2D eigenvalue weighted by Gasteiger charge is 2.22. The van der Waals surface area contributed by atoms with Gasteiger partial charge in [0.1, 0.15) is 31.1 Å². The Balaban J connectivity index is 1.42. The predicted molar refractivity (Wildman–Crippen MR) is 91.8 cm³/mol. The van der Waals surface area contributed by atoms with Gasteiger partial charge >= 0.3 is 0 Å². The summed E-state index contributed by atoms with van der Waals surface area (Å²) in [6, 6.07) is 8.99. The largest absolute Gasteiger partial charge is 0.491 e. The molecule has 0 saturated carbocycles. The predicted octanol–water partition coefficient (Wildman–Crippen LogP) is 1.30. The summed E-state index contributed by atoms with van der Waals surface area (Å²) in [4.78, 5) is 6.27. The summed E-state index contributed by atoms with van der Waals surface area (Å²) in [6.45, 7) is 3.67. The summed E-state index contributed by atoms with van der Waals surface area (Å²) >= 11 is 0. The fraction of sp³-hybridized carbons (Fsp3) is 0.500. The van der Waals surface area contributed by atoms with Crippen molar-refractivity contribution in [3.63, 3.8) is 0 Å². The number of likely N-dealkylation sites (tertiary alicyclic amines) is 1. The van der Waals surface area contributed by atoms with E-state index in [0.29, 0.717) is 23.8 Å². The molecule has 0 radical (unpaired) electrons. The maximum atomic E-state index is 10.3. The number of hydrogen-bond acceptors (Lipinski definition) is 6. The number of benzene rings is 1. The number of aliphatic hydroxyl groups excluding tert-OH is 1. The number of ether oxygens (including phenoxy) is 1. The van der Waals surface area contributed by atoms with Crippen LogP contribution >= 0.6 is 0 Å². The summed E-state index contributed by atoms with van der Waals surface area (Å²) in [6.07, 6.45) is 5.07. The molecule has 1 fully saturated rings. The number of nitrogens with zero attached hydrogens (tertiary/aromatic N) is 5. The number of nitriles is 1. The van der Waals surface area contributed by atoms with E-state index in [1.165, 1.54) is 6.42 Å². The van der Waals surface area contributed by atoms with E-state index in [1.54, 1.807) is 36.9 Å². The third-order valence-electron chi connectivity index (χ3n) is 4.41. The second-order valence-electron chi connectivity index (χ2n) is 6.49. The highest BCUT2D eigenvalue weighted by atomic mass is 16.5. The lowest BCUT2D eigenvalue weighted by atomic mass is 9.98. The van der Waals surface area contributed by atoms with Crippen LogP contribution in [0.4, 0.5) is 0 Å². The van der Waals surface area contributed by atoms with Gasteiger partial charge in [-0.1, -0.05) is 0 Å². The van der Waals surface area contributed by atoms with E-state index in [9.17, 15) is 5.11 Å². The number of piperidine rings is 1. The van der Waals surface area contributed by atoms with Crippen LogP contribution in [0.25, 0.3) is 0 Å². The standard InChI is InChI=1S/C18H23N5O2/c19-8-15-3-5-18(6-4-15)25-12-17(24)11-22-7-1-2-16(9-22)10-23-14-20-13-21-23/h3-6,13-14,16-17,24H,1-2,7,9-12H2. The lowest BCUT2D eigenvalue weighted by molar-refractivity contribution is 0.0495. The fourth-order valence-electron chi connectivity index (χ4n) is 3.23. The highest BCUT2D eigenvalue weighted by molar-refractivity contribution is 5.34. The number of β-amino-alcohol motifs (C(OH)–C–C–N with tert-alkyl or cyclic N) is 1. The summed E-state index contributed by atoms with van der Waals surface area (Å²) < 4.78 is 7.49. The van der Waals surface area contributed by atoms with Crippen molar-refractivity contribution in [3.05, 3.63) is 42.5 Å². The SMILES string of the molecule is N#Cc1ccc(OCC(O)CN2CCCC(Cn3cncn3)C2)cc1. The minimum absolute atomic E-state index is 0.246. The van der Waals surface area contributed by atoms with Crippen LogP contribution in [0.5, 0.6) is 5.75 Å². The molecule has 2 unspecified atom stereocenters. The van der Waals surface area contributed by atoms with Crippen molar-refractivity contribution in [2.45, 2.75) is 25.5 Å². The molecule has 7 heteroatoms. The average molecular weight is 341 g/mol. The lowest BCUT2D eigenvalue weighted by Crippen LogP contribution is -2.42.